The summed E-state index contributed by atoms with van der Waals surface area (Å²) in [7, 11) is 0. The second-order valence-corrected chi connectivity index (χ2v) is 4.36. The maximum Gasteiger partial charge on any atom is 0.00413 e. The quantitative estimate of drug-likeness (QED) is 0.573. The van der Waals surface area contributed by atoms with Crippen LogP contribution in [0.25, 0.3) is 0 Å². The van der Waals surface area contributed by atoms with Crippen molar-refractivity contribution in [3.8, 4) is 0 Å². The number of rotatable bonds is 8. The molecule has 0 radical (unpaired) electrons. The van der Waals surface area contributed by atoms with Crippen LogP contribution in [-0.4, -0.2) is 6.04 Å². The van der Waals surface area contributed by atoms with E-state index in [1.807, 2.05) is 0 Å². The third kappa shape index (κ3) is 8.29. The van der Waals surface area contributed by atoms with Gasteiger partial charge in [-0.2, -0.15) is 0 Å². The van der Waals surface area contributed by atoms with Crippen LogP contribution >= 0.6 is 0 Å². The van der Waals surface area contributed by atoms with Gasteiger partial charge in [0.25, 0.3) is 0 Å². The average molecular weight is 185 g/mol. The molecular weight excluding hydrogens is 158 g/mol. The summed E-state index contributed by atoms with van der Waals surface area (Å²) in [6.45, 7) is 6.79. The summed E-state index contributed by atoms with van der Waals surface area (Å²) in [5, 5.41) is 0. The van der Waals surface area contributed by atoms with Gasteiger partial charge in [-0.1, -0.05) is 52.9 Å². The Labute approximate surface area is 84.1 Å². The lowest BCUT2D eigenvalue weighted by Crippen LogP contribution is -2.22. The van der Waals surface area contributed by atoms with E-state index in [9.17, 15) is 0 Å². The highest BCUT2D eigenvalue weighted by Gasteiger charge is 2.06. The highest BCUT2D eigenvalue weighted by molar-refractivity contribution is 4.64. The van der Waals surface area contributed by atoms with Crippen LogP contribution in [0.5, 0.6) is 0 Å². The van der Waals surface area contributed by atoms with Gasteiger partial charge in [-0.3, -0.25) is 0 Å². The Kier molecular flexibility index (Phi) is 8.53. The van der Waals surface area contributed by atoms with Crippen molar-refractivity contribution in [2.24, 2.45) is 11.7 Å². The van der Waals surface area contributed by atoms with Crippen molar-refractivity contribution in [1.82, 2.24) is 0 Å². The van der Waals surface area contributed by atoms with Crippen LogP contribution in [0, 0.1) is 5.92 Å². The molecule has 0 aromatic rings. The summed E-state index contributed by atoms with van der Waals surface area (Å²) in [5.41, 5.74) is 6.03. The second kappa shape index (κ2) is 8.55. The van der Waals surface area contributed by atoms with E-state index in [-0.39, 0.29) is 0 Å². The van der Waals surface area contributed by atoms with Gasteiger partial charge in [0.05, 0.1) is 0 Å². The summed E-state index contributed by atoms with van der Waals surface area (Å²) in [4.78, 5) is 0. The monoisotopic (exact) mass is 185 g/mol. The first kappa shape index (κ1) is 13.0. The minimum Gasteiger partial charge on any atom is -0.328 e. The molecule has 0 aliphatic rings. The van der Waals surface area contributed by atoms with Crippen molar-refractivity contribution >= 4 is 0 Å². The van der Waals surface area contributed by atoms with Crippen LogP contribution in [0.15, 0.2) is 0 Å². The van der Waals surface area contributed by atoms with Crippen molar-refractivity contribution < 1.29 is 0 Å². The van der Waals surface area contributed by atoms with Gasteiger partial charge in [0.15, 0.2) is 0 Å². The number of unbranched alkanes of at least 4 members (excludes halogenated alkanes) is 3. The number of hydrogen-bond acceptors (Lipinski definition) is 1. The van der Waals surface area contributed by atoms with Crippen molar-refractivity contribution in [3.63, 3.8) is 0 Å². The predicted octanol–water partition coefficient (Wildman–Crippen LogP) is 3.72. The van der Waals surface area contributed by atoms with Gasteiger partial charge >= 0.3 is 0 Å². The molecule has 0 fully saturated rings. The lowest BCUT2D eigenvalue weighted by molar-refractivity contribution is 0.423. The van der Waals surface area contributed by atoms with Gasteiger partial charge in [-0.15, -0.1) is 0 Å². The first-order valence-electron chi connectivity index (χ1n) is 5.96. The van der Waals surface area contributed by atoms with E-state index in [1.165, 1.54) is 44.9 Å². The van der Waals surface area contributed by atoms with Crippen LogP contribution in [0.3, 0.4) is 0 Å². The van der Waals surface area contributed by atoms with Crippen molar-refractivity contribution in [2.45, 2.75) is 71.8 Å². The standard InChI is InChI=1S/C12H27N/c1-4-6-7-8-9-12(13)10-11(3)5-2/h11-12H,4-10,13H2,1-3H3. The van der Waals surface area contributed by atoms with E-state index < -0.39 is 0 Å². The first-order chi connectivity index (χ1) is 6.20. The molecule has 13 heavy (non-hydrogen) atoms. The molecule has 0 spiro atoms. The summed E-state index contributed by atoms with van der Waals surface area (Å²) in [5.74, 6) is 0.807. The molecule has 0 amide bonds. The first-order valence-corrected chi connectivity index (χ1v) is 5.96. The fourth-order valence-corrected chi connectivity index (χ4v) is 1.63. The Balaban J connectivity index is 3.24. The SMILES string of the molecule is CCCCCCC(N)CC(C)CC. The maximum atomic E-state index is 6.03. The molecule has 1 heteroatoms. The maximum absolute atomic E-state index is 6.03. The normalized spacial score (nSPS) is 15.7. The summed E-state index contributed by atoms with van der Waals surface area (Å²) in [6.07, 6.45) is 9.09. The van der Waals surface area contributed by atoms with Crippen LogP contribution in [-0.2, 0) is 0 Å². The van der Waals surface area contributed by atoms with Gasteiger partial charge in [-0.05, 0) is 18.8 Å². The molecule has 0 aromatic carbocycles. The van der Waals surface area contributed by atoms with E-state index in [4.69, 9.17) is 5.73 Å². The summed E-state index contributed by atoms with van der Waals surface area (Å²) in [6, 6.07) is 0.451. The van der Waals surface area contributed by atoms with Gasteiger partial charge in [0.1, 0.15) is 0 Å². The van der Waals surface area contributed by atoms with E-state index >= 15 is 0 Å². The van der Waals surface area contributed by atoms with Crippen LogP contribution < -0.4 is 5.73 Å². The molecule has 0 heterocycles. The zero-order valence-electron chi connectivity index (χ0n) is 9.68. The van der Waals surface area contributed by atoms with E-state index in [0.29, 0.717) is 6.04 Å². The molecule has 0 saturated heterocycles. The topological polar surface area (TPSA) is 26.0 Å². The molecule has 0 rings (SSSR count). The lowest BCUT2D eigenvalue weighted by atomic mass is 9.96. The highest BCUT2D eigenvalue weighted by Crippen LogP contribution is 2.13. The Morgan fingerprint density at radius 2 is 1.77 bits per heavy atom. The summed E-state index contributed by atoms with van der Waals surface area (Å²) >= 11 is 0. The smallest absolute Gasteiger partial charge is 0.00413 e. The number of nitrogens with two attached hydrogens (primary N) is 1. The van der Waals surface area contributed by atoms with Crippen molar-refractivity contribution in [1.29, 1.82) is 0 Å². The minimum absolute atomic E-state index is 0.451. The fraction of sp³-hybridized carbons (Fsp3) is 1.00. The highest BCUT2D eigenvalue weighted by atomic mass is 14.6. The largest absolute Gasteiger partial charge is 0.328 e. The Morgan fingerprint density at radius 3 is 2.31 bits per heavy atom. The predicted molar refractivity (Wildman–Crippen MR) is 60.8 cm³/mol. The summed E-state index contributed by atoms with van der Waals surface area (Å²) < 4.78 is 0. The third-order valence-corrected chi connectivity index (χ3v) is 2.83. The van der Waals surface area contributed by atoms with Crippen LogP contribution in [0.1, 0.15) is 65.7 Å². The molecule has 0 saturated carbocycles. The third-order valence-electron chi connectivity index (χ3n) is 2.83. The molecule has 2 unspecified atom stereocenters. The van der Waals surface area contributed by atoms with Crippen LogP contribution in [0.2, 0.25) is 0 Å². The molecule has 80 valence electrons. The van der Waals surface area contributed by atoms with E-state index in [1.54, 1.807) is 0 Å². The molecule has 0 bridgehead atoms. The van der Waals surface area contributed by atoms with Crippen molar-refractivity contribution in [3.05, 3.63) is 0 Å². The molecule has 2 atom stereocenters. The van der Waals surface area contributed by atoms with Crippen LogP contribution in [0.4, 0.5) is 0 Å². The van der Waals surface area contributed by atoms with Gasteiger partial charge in [0, 0.05) is 6.04 Å². The molecule has 2 N–H and O–H groups in total. The Hall–Kier alpha value is -0.0400. The number of hydrogen-bond donors (Lipinski definition) is 1. The van der Waals surface area contributed by atoms with Gasteiger partial charge < -0.3 is 5.73 Å². The van der Waals surface area contributed by atoms with Crippen molar-refractivity contribution in [2.75, 3.05) is 0 Å². The molecule has 0 aliphatic heterocycles. The zero-order valence-corrected chi connectivity index (χ0v) is 9.68. The fourth-order valence-electron chi connectivity index (χ4n) is 1.63. The average Bonchev–Trinajstić information content (AvgIpc) is 2.12. The zero-order chi connectivity index (χ0) is 10.1. The molecule has 0 aliphatic carbocycles. The second-order valence-electron chi connectivity index (χ2n) is 4.36. The van der Waals surface area contributed by atoms with E-state index in [2.05, 4.69) is 20.8 Å². The Bertz CT molecular complexity index is 101. The molecular formula is C12H27N. The van der Waals surface area contributed by atoms with Gasteiger partial charge in [0.2, 0.25) is 0 Å². The molecule has 0 aromatic heterocycles. The minimum atomic E-state index is 0.451. The Morgan fingerprint density at radius 1 is 1.08 bits per heavy atom. The lowest BCUT2D eigenvalue weighted by Gasteiger charge is -2.15. The van der Waals surface area contributed by atoms with E-state index in [0.717, 1.165) is 5.92 Å². The van der Waals surface area contributed by atoms with Gasteiger partial charge in [-0.25, -0.2) is 0 Å². The molecule has 1 nitrogen and oxygen atoms in total.